The molecule has 0 aromatic heterocycles. The largest absolute Gasteiger partial charge is 0.370 e. The first-order chi connectivity index (χ1) is 10.3. The highest BCUT2D eigenvalue weighted by Crippen LogP contribution is 2.48. The van der Waals surface area contributed by atoms with E-state index in [4.69, 9.17) is 5.73 Å². The van der Waals surface area contributed by atoms with Crippen molar-refractivity contribution >= 4 is 29.9 Å². The van der Waals surface area contributed by atoms with Gasteiger partial charge >= 0.3 is 0 Å². The average Bonchev–Trinajstić information content (AvgIpc) is 3.32. The van der Waals surface area contributed by atoms with Crippen molar-refractivity contribution in [1.29, 1.82) is 0 Å². The molecule has 0 bridgehead atoms. The van der Waals surface area contributed by atoms with E-state index in [0.717, 1.165) is 6.54 Å². The Morgan fingerprint density at radius 2 is 1.73 bits per heavy atom. The lowest BCUT2D eigenvalue weighted by Crippen LogP contribution is -2.40. The van der Waals surface area contributed by atoms with Gasteiger partial charge in [0.25, 0.3) is 0 Å². The summed E-state index contributed by atoms with van der Waals surface area (Å²) in [7, 11) is 0. The zero-order valence-electron chi connectivity index (χ0n) is 13.3. The van der Waals surface area contributed by atoms with E-state index in [9.17, 15) is 0 Å². The topological polar surface area (TPSA) is 50.4 Å². The summed E-state index contributed by atoms with van der Waals surface area (Å²) in [5, 5.41) is 3.44. The van der Waals surface area contributed by atoms with Gasteiger partial charge in [-0.2, -0.15) is 0 Å². The molecule has 0 unspecified atom stereocenters. The minimum absolute atomic E-state index is 0. The third kappa shape index (κ3) is 4.61. The SMILES string of the molecule is I.NC(=NCC1(c2ccccc2)CC1)NC1CCCCCC1. The summed E-state index contributed by atoms with van der Waals surface area (Å²) in [6.07, 6.45) is 10.3. The zero-order chi connectivity index (χ0) is 14.5. The molecular weight excluding hydrogens is 385 g/mol. The van der Waals surface area contributed by atoms with Gasteiger partial charge in [-0.15, -0.1) is 24.0 Å². The molecule has 0 heterocycles. The van der Waals surface area contributed by atoms with Crippen molar-refractivity contribution in [2.75, 3.05) is 6.54 Å². The molecular formula is C18H28IN3. The van der Waals surface area contributed by atoms with Gasteiger partial charge in [-0.05, 0) is 31.2 Å². The molecule has 4 heteroatoms. The minimum atomic E-state index is 0. The van der Waals surface area contributed by atoms with Crippen molar-refractivity contribution in [3.8, 4) is 0 Å². The van der Waals surface area contributed by atoms with Crippen molar-refractivity contribution in [2.45, 2.75) is 62.8 Å². The monoisotopic (exact) mass is 413 g/mol. The number of hydrogen-bond acceptors (Lipinski definition) is 1. The summed E-state index contributed by atoms with van der Waals surface area (Å²) < 4.78 is 0. The molecule has 3 N–H and O–H groups in total. The number of nitrogens with one attached hydrogen (secondary N) is 1. The molecule has 0 saturated heterocycles. The van der Waals surface area contributed by atoms with E-state index < -0.39 is 0 Å². The molecule has 2 saturated carbocycles. The lowest BCUT2D eigenvalue weighted by atomic mass is 9.96. The second kappa shape index (κ2) is 8.18. The van der Waals surface area contributed by atoms with Crippen LogP contribution in [0.5, 0.6) is 0 Å². The fraction of sp³-hybridized carbons (Fsp3) is 0.611. The van der Waals surface area contributed by atoms with Crippen LogP contribution < -0.4 is 11.1 Å². The molecule has 0 aliphatic heterocycles. The summed E-state index contributed by atoms with van der Waals surface area (Å²) >= 11 is 0. The quantitative estimate of drug-likeness (QED) is 0.340. The summed E-state index contributed by atoms with van der Waals surface area (Å²) in [5.74, 6) is 0.643. The van der Waals surface area contributed by atoms with Crippen LogP contribution in [0.25, 0.3) is 0 Å². The summed E-state index contributed by atoms with van der Waals surface area (Å²) in [5.41, 5.74) is 7.78. The molecule has 0 spiro atoms. The van der Waals surface area contributed by atoms with Gasteiger partial charge in [-0.1, -0.05) is 56.0 Å². The third-order valence-corrected chi connectivity index (χ3v) is 5.00. The molecule has 0 atom stereocenters. The second-order valence-corrected chi connectivity index (χ2v) is 6.68. The zero-order valence-corrected chi connectivity index (χ0v) is 15.6. The van der Waals surface area contributed by atoms with Crippen molar-refractivity contribution in [3.63, 3.8) is 0 Å². The molecule has 0 radical (unpaired) electrons. The first kappa shape index (κ1) is 17.6. The highest BCUT2D eigenvalue weighted by atomic mass is 127. The molecule has 3 rings (SSSR count). The maximum absolute atomic E-state index is 6.11. The third-order valence-electron chi connectivity index (χ3n) is 5.00. The Bertz CT molecular complexity index is 474. The number of benzene rings is 1. The number of nitrogens with two attached hydrogens (primary N) is 1. The van der Waals surface area contributed by atoms with Gasteiger partial charge in [0.15, 0.2) is 5.96 Å². The van der Waals surface area contributed by atoms with Gasteiger partial charge in [0.05, 0.1) is 6.54 Å². The molecule has 1 aromatic rings. The van der Waals surface area contributed by atoms with Gasteiger partial charge in [0, 0.05) is 11.5 Å². The predicted octanol–water partition coefficient (Wildman–Crippen LogP) is 3.96. The van der Waals surface area contributed by atoms with Crippen LogP contribution in [0.15, 0.2) is 35.3 Å². The number of hydrogen-bond donors (Lipinski definition) is 2. The highest BCUT2D eigenvalue weighted by Gasteiger charge is 2.43. The molecule has 122 valence electrons. The van der Waals surface area contributed by atoms with Crippen LogP contribution in [0.2, 0.25) is 0 Å². The Morgan fingerprint density at radius 3 is 2.32 bits per heavy atom. The van der Waals surface area contributed by atoms with E-state index in [-0.39, 0.29) is 29.4 Å². The van der Waals surface area contributed by atoms with Crippen LogP contribution in [-0.2, 0) is 5.41 Å². The molecule has 1 aromatic carbocycles. The van der Waals surface area contributed by atoms with E-state index in [1.165, 1.54) is 56.9 Å². The molecule has 3 nitrogen and oxygen atoms in total. The predicted molar refractivity (Wildman–Crippen MR) is 104 cm³/mol. The van der Waals surface area contributed by atoms with Crippen molar-refractivity contribution in [2.24, 2.45) is 10.7 Å². The van der Waals surface area contributed by atoms with Gasteiger partial charge in [-0.25, -0.2) is 0 Å². The number of aliphatic imine (C=N–C) groups is 1. The molecule has 22 heavy (non-hydrogen) atoms. The average molecular weight is 413 g/mol. The van der Waals surface area contributed by atoms with E-state index >= 15 is 0 Å². The maximum atomic E-state index is 6.11. The Balaban J connectivity index is 0.00000176. The normalized spacial score (nSPS) is 21.5. The Hall–Kier alpha value is -0.780. The first-order valence-corrected chi connectivity index (χ1v) is 8.41. The van der Waals surface area contributed by atoms with Crippen LogP contribution in [0.3, 0.4) is 0 Å². The minimum Gasteiger partial charge on any atom is -0.370 e. The number of rotatable bonds is 4. The Kier molecular flexibility index (Phi) is 6.53. The van der Waals surface area contributed by atoms with E-state index in [2.05, 4.69) is 40.6 Å². The van der Waals surface area contributed by atoms with Crippen LogP contribution in [0, 0.1) is 0 Å². The fourth-order valence-electron chi connectivity index (χ4n) is 3.40. The van der Waals surface area contributed by atoms with Gasteiger partial charge in [-0.3, -0.25) is 4.99 Å². The van der Waals surface area contributed by atoms with Gasteiger partial charge in [0.1, 0.15) is 0 Å². The van der Waals surface area contributed by atoms with E-state index in [0.29, 0.717) is 12.0 Å². The highest BCUT2D eigenvalue weighted by molar-refractivity contribution is 14.0. The Morgan fingerprint density at radius 1 is 1.09 bits per heavy atom. The van der Waals surface area contributed by atoms with Crippen molar-refractivity contribution in [1.82, 2.24) is 5.32 Å². The van der Waals surface area contributed by atoms with Crippen LogP contribution in [0.4, 0.5) is 0 Å². The smallest absolute Gasteiger partial charge is 0.188 e. The van der Waals surface area contributed by atoms with E-state index in [1.807, 2.05) is 0 Å². The molecule has 0 amide bonds. The summed E-state index contributed by atoms with van der Waals surface area (Å²) in [4.78, 5) is 4.64. The van der Waals surface area contributed by atoms with Gasteiger partial charge in [0.2, 0.25) is 0 Å². The Labute approximate surface area is 151 Å². The van der Waals surface area contributed by atoms with Crippen molar-refractivity contribution < 1.29 is 0 Å². The first-order valence-electron chi connectivity index (χ1n) is 8.41. The van der Waals surface area contributed by atoms with Crippen molar-refractivity contribution in [3.05, 3.63) is 35.9 Å². The van der Waals surface area contributed by atoms with E-state index in [1.54, 1.807) is 0 Å². The number of nitrogens with zero attached hydrogens (tertiary/aromatic N) is 1. The summed E-state index contributed by atoms with van der Waals surface area (Å²) in [6.45, 7) is 0.822. The maximum Gasteiger partial charge on any atom is 0.188 e. The van der Waals surface area contributed by atoms with Crippen LogP contribution in [-0.4, -0.2) is 18.5 Å². The fourth-order valence-corrected chi connectivity index (χ4v) is 3.40. The van der Waals surface area contributed by atoms with Gasteiger partial charge < -0.3 is 11.1 Å². The standard InChI is InChI=1S/C18H27N3.HI/c19-17(21-16-10-6-1-2-7-11-16)20-14-18(12-13-18)15-8-4-3-5-9-15;/h3-5,8-9,16H,1-2,6-7,10-14H2,(H3,19,20,21);1H. The number of halogens is 1. The molecule has 2 aliphatic rings. The summed E-state index contributed by atoms with van der Waals surface area (Å²) in [6, 6.07) is 11.3. The van der Waals surface area contributed by atoms with Crippen LogP contribution >= 0.6 is 24.0 Å². The lowest BCUT2D eigenvalue weighted by Gasteiger charge is -2.18. The van der Waals surface area contributed by atoms with Crippen LogP contribution in [0.1, 0.15) is 56.9 Å². The lowest BCUT2D eigenvalue weighted by molar-refractivity contribution is 0.529. The molecule has 2 fully saturated rings. The number of guanidine groups is 1. The molecule has 2 aliphatic carbocycles. The second-order valence-electron chi connectivity index (χ2n) is 6.68.